The van der Waals surface area contributed by atoms with Crippen LogP contribution in [0.4, 0.5) is 13.2 Å². The highest BCUT2D eigenvalue weighted by molar-refractivity contribution is 7.90. The standard InChI is InChI=1S/C12H14F3N3O4S/c13-12(14,15)23(19,20)18-7-11(8-18)5-9(1-4-21-11)22-10-6-16-2-3-17-10/h2-3,6,9H,1,4-5,7-8H2/t9-/m0/s1. The second-order valence-corrected chi connectivity index (χ2v) is 7.46. The molecule has 7 nitrogen and oxygen atoms in total. The Morgan fingerprint density at radius 1 is 1.35 bits per heavy atom. The Balaban J connectivity index is 1.62. The molecule has 2 aliphatic rings. The molecule has 3 rings (SSSR count). The average molecular weight is 353 g/mol. The molecule has 1 atom stereocenters. The molecule has 0 amide bonds. The van der Waals surface area contributed by atoms with Gasteiger partial charge >= 0.3 is 15.5 Å². The highest BCUT2D eigenvalue weighted by atomic mass is 32.2. The van der Waals surface area contributed by atoms with E-state index in [1.165, 1.54) is 18.6 Å². The fourth-order valence-corrected chi connectivity index (χ4v) is 3.84. The van der Waals surface area contributed by atoms with E-state index in [9.17, 15) is 21.6 Å². The van der Waals surface area contributed by atoms with Crippen molar-refractivity contribution in [1.29, 1.82) is 0 Å². The molecule has 2 saturated heterocycles. The number of ether oxygens (including phenoxy) is 2. The van der Waals surface area contributed by atoms with Gasteiger partial charge in [0.15, 0.2) is 0 Å². The monoisotopic (exact) mass is 353 g/mol. The van der Waals surface area contributed by atoms with Crippen molar-refractivity contribution in [1.82, 2.24) is 14.3 Å². The van der Waals surface area contributed by atoms with E-state index in [-0.39, 0.29) is 25.8 Å². The Labute approximate surface area is 130 Å². The van der Waals surface area contributed by atoms with Crippen molar-refractivity contribution in [2.45, 2.75) is 30.1 Å². The van der Waals surface area contributed by atoms with Crippen molar-refractivity contribution in [2.75, 3.05) is 19.7 Å². The first-order valence-electron chi connectivity index (χ1n) is 6.85. The summed E-state index contributed by atoms with van der Waals surface area (Å²) in [5, 5.41) is 0. The van der Waals surface area contributed by atoms with E-state index in [1.807, 2.05) is 0 Å². The summed E-state index contributed by atoms with van der Waals surface area (Å²) in [5.74, 6) is 0.314. The molecule has 1 aromatic rings. The molecular formula is C12H14F3N3O4S. The van der Waals surface area contributed by atoms with Gasteiger partial charge in [0.25, 0.3) is 0 Å². The van der Waals surface area contributed by atoms with Crippen LogP contribution in [0.1, 0.15) is 12.8 Å². The zero-order valence-electron chi connectivity index (χ0n) is 11.9. The van der Waals surface area contributed by atoms with Gasteiger partial charge in [-0.1, -0.05) is 0 Å². The van der Waals surface area contributed by atoms with Crippen LogP contribution in [-0.2, 0) is 14.8 Å². The summed E-state index contributed by atoms with van der Waals surface area (Å²) < 4.78 is 71.7. The van der Waals surface area contributed by atoms with Gasteiger partial charge < -0.3 is 9.47 Å². The largest absolute Gasteiger partial charge is 0.511 e. The molecule has 0 aromatic carbocycles. The van der Waals surface area contributed by atoms with Crippen molar-refractivity contribution in [2.24, 2.45) is 0 Å². The topological polar surface area (TPSA) is 81.6 Å². The molecule has 3 heterocycles. The van der Waals surface area contributed by atoms with Crippen LogP contribution >= 0.6 is 0 Å². The maximum atomic E-state index is 12.5. The lowest BCUT2D eigenvalue weighted by atomic mass is 9.86. The summed E-state index contributed by atoms with van der Waals surface area (Å²) in [5.41, 5.74) is -6.22. The lowest BCUT2D eigenvalue weighted by Crippen LogP contribution is -2.68. The Morgan fingerprint density at radius 3 is 2.70 bits per heavy atom. The van der Waals surface area contributed by atoms with Gasteiger partial charge in [0, 0.05) is 38.3 Å². The quantitative estimate of drug-likeness (QED) is 0.804. The van der Waals surface area contributed by atoms with E-state index in [1.54, 1.807) is 0 Å². The summed E-state index contributed by atoms with van der Waals surface area (Å²) in [7, 11) is -5.30. The molecule has 1 aromatic heterocycles. The van der Waals surface area contributed by atoms with Gasteiger partial charge in [0.2, 0.25) is 5.88 Å². The van der Waals surface area contributed by atoms with Gasteiger partial charge in [-0.25, -0.2) is 13.4 Å². The first kappa shape index (κ1) is 16.4. The number of aromatic nitrogens is 2. The summed E-state index contributed by atoms with van der Waals surface area (Å²) in [6.07, 6.45) is 4.92. The summed E-state index contributed by atoms with van der Waals surface area (Å²) in [6.45, 7) is -0.366. The van der Waals surface area contributed by atoms with Crippen LogP contribution in [0, 0.1) is 0 Å². The number of hydrogen-bond donors (Lipinski definition) is 0. The third-order valence-corrected chi connectivity index (χ3v) is 5.36. The number of alkyl halides is 3. The van der Waals surface area contributed by atoms with Crippen molar-refractivity contribution >= 4 is 10.0 Å². The van der Waals surface area contributed by atoms with Gasteiger partial charge in [-0.2, -0.15) is 17.5 Å². The average Bonchev–Trinajstić information content (AvgIpc) is 2.45. The van der Waals surface area contributed by atoms with Crippen LogP contribution < -0.4 is 4.74 Å². The van der Waals surface area contributed by atoms with Gasteiger partial charge in [-0.3, -0.25) is 4.98 Å². The van der Waals surface area contributed by atoms with E-state index >= 15 is 0 Å². The Bertz CT molecular complexity index is 662. The van der Waals surface area contributed by atoms with Crippen molar-refractivity contribution < 1.29 is 31.1 Å². The molecule has 0 N–H and O–H groups in total. The zero-order valence-corrected chi connectivity index (χ0v) is 12.7. The van der Waals surface area contributed by atoms with Gasteiger partial charge in [-0.05, 0) is 0 Å². The number of nitrogens with zero attached hydrogens (tertiary/aromatic N) is 3. The van der Waals surface area contributed by atoms with Crippen LogP contribution in [-0.4, -0.2) is 59.6 Å². The summed E-state index contributed by atoms with van der Waals surface area (Å²) >= 11 is 0. The van der Waals surface area contributed by atoms with E-state index in [0.29, 0.717) is 23.0 Å². The van der Waals surface area contributed by atoms with Crippen molar-refractivity contribution in [3.05, 3.63) is 18.6 Å². The highest BCUT2D eigenvalue weighted by Crippen LogP contribution is 2.40. The minimum Gasteiger partial charge on any atom is -0.473 e. The Hall–Kier alpha value is -1.46. The fourth-order valence-electron chi connectivity index (χ4n) is 2.73. The maximum absolute atomic E-state index is 12.5. The van der Waals surface area contributed by atoms with E-state index in [0.717, 1.165) is 0 Å². The van der Waals surface area contributed by atoms with Crippen LogP contribution in [0.25, 0.3) is 0 Å². The number of hydrogen-bond acceptors (Lipinski definition) is 6. The summed E-state index contributed by atoms with van der Waals surface area (Å²) in [4.78, 5) is 7.83. The maximum Gasteiger partial charge on any atom is 0.511 e. The van der Waals surface area contributed by atoms with Crippen LogP contribution in [0.5, 0.6) is 5.88 Å². The molecule has 0 radical (unpaired) electrons. The normalized spacial score (nSPS) is 25.1. The lowest BCUT2D eigenvalue weighted by Gasteiger charge is -2.51. The molecule has 0 unspecified atom stereocenters. The Morgan fingerprint density at radius 2 is 2.09 bits per heavy atom. The molecule has 128 valence electrons. The molecule has 23 heavy (non-hydrogen) atoms. The zero-order chi connectivity index (χ0) is 16.7. The van der Waals surface area contributed by atoms with E-state index in [4.69, 9.17) is 9.47 Å². The molecule has 0 saturated carbocycles. The fraction of sp³-hybridized carbons (Fsp3) is 0.667. The van der Waals surface area contributed by atoms with Crippen molar-refractivity contribution in [3.63, 3.8) is 0 Å². The first-order valence-corrected chi connectivity index (χ1v) is 8.29. The molecule has 2 aliphatic heterocycles. The Kier molecular flexibility index (Phi) is 3.97. The van der Waals surface area contributed by atoms with Gasteiger partial charge in [0.05, 0.1) is 18.4 Å². The summed E-state index contributed by atoms with van der Waals surface area (Å²) in [6, 6.07) is 0. The van der Waals surface area contributed by atoms with Gasteiger partial charge in [0.1, 0.15) is 6.10 Å². The lowest BCUT2D eigenvalue weighted by molar-refractivity contribution is -0.168. The third kappa shape index (κ3) is 3.12. The molecule has 0 bridgehead atoms. The second-order valence-electron chi connectivity index (χ2n) is 5.53. The highest BCUT2D eigenvalue weighted by Gasteiger charge is 2.59. The molecular weight excluding hydrogens is 339 g/mol. The molecule has 11 heteroatoms. The van der Waals surface area contributed by atoms with Gasteiger partial charge in [-0.15, -0.1) is 0 Å². The minimum atomic E-state index is -5.30. The number of rotatable bonds is 3. The van der Waals surface area contributed by atoms with E-state index in [2.05, 4.69) is 9.97 Å². The SMILES string of the molecule is O=S(=O)(N1CC2(C[C@@H](Oc3cnccn3)CCO2)C1)C(F)(F)F. The van der Waals surface area contributed by atoms with E-state index < -0.39 is 21.1 Å². The smallest absolute Gasteiger partial charge is 0.473 e. The van der Waals surface area contributed by atoms with Crippen LogP contribution in [0.2, 0.25) is 0 Å². The predicted molar refractivity (Wildman–Crippen MR) is 70.9 cm³/mol. The number of sulfonamides is 1. The molecule has 1 spiro atoms. The van der Waals surface area contributed by atoms with Crippen LogP contribution in [0.3, 0.4) is 0 Å². The first-order chi connectivity index (χ1) is 10.7. The molecule has 0 aliphatic carbocycles. The van der Waals surface area contributed by atoms with Crippen molar-refractivity contribution in [3.8, 4) is 5.88 Å². The van der Waals surface area contributed by atoms with Crippen LogP contribution in [0.15, 0.2) is 18.6 Å². The predicted octanol–water partition coefficient (Wildman–Crippen LogP) is 0.938. The minimum absolute atomic E-state index is 0.283. The third-order valence-electron chi connectivity index (χ3n) is 3.84. The number of halogens is 3. The second kappa shape index (κ2) is 5.56. The molecule has 2 fully saturated rings.